The van der Waals surface area contributed by atoms with Crippen molar-refractivity contribution >= 4 is 32.7 Å². The summed E-state index contributed by atoms with van der Waals surface area (Å²) >= 11 is 0. The normalized spacial score (nSPS) is 11.4. The summed E-state index contributed by atoms with van der Waals surface area (Å²) in [6.07, 6.45) is 0. The summed E-state index contributed by atoms with van der Waals surface area (Å²) in [4.78, 5) is 0. The average Bonchev–Trinajstić information content (AvgIpc) is 3.66. The molecule has 0 unspecified atom stereocenters. The lowest BCUT2D eigenvalue weighted by molar-refractivity contribution is 1.59. The SMILES string of the molecule is c1c(=C2c3ccccc3-c3ccccc32)c#cc2ccccc2c#cc(=C2c3ccccc3-c3ccccc32)c#cc2ccccc2c#1. The standard InChI is InChI=1S/C48H24/c1-2-14-34-26-30-38(48-45-23-11-7-19-41(45)42-20-8-12-24-46(42)48)32-28-36-16-4-3-15-35(36)27-31-37(29-25-33(34)13-1)47-43-21-9-5-17-39(43)40-18-6-10-22-44(40)47/h1-24H. The molecule has 48 heavy (non-hydrogen) atoms. The third-order valence-corrected chi connectivity index (χ3v) is 9.01. The van der Waals surface area contributed by atoms with E-state index in [0.29, 0.717) is 0 Å². The maximum absolute atomic E-state index is 3.52. The van der Waals surface area contributed by atoms with E-state index in [1.807, 2.05) is 48.5 Å². The average molecular weight is 601 g/mol. The van der Waals surface area contributed by atoms with Gasteiger partial charge in [-0.1, -0.05) is 170 Å². The van der Waals surface area contributed by atoms with Crippen LogP contribution in [0.3, 0.4) is 0 Å². The highest BCUT2D eigenvalue weighted by Gasteiger charge is 2.24. The van der Waals surface area contributed by atoms with Gasteiger partial charge in [0.2, 0.25) is 0 Å². The second-order valence-electron chi connectivity index (χ2n) is 11.8. The van der Waals surface area contributed by atoms with Crippen molar-refractivity contribution < 1.29 is 0 Å². The van der Waals surface area contributed by atoms with Crippen molar-refractivity contribution in [2.75, 3.05) is 0 Å². The number of fused-ring (bicyclic) bond motifs is 8. The number of rotatable bonds is 0. The van der Waals surface area contributed by atoms with E-state index >= 15 is 0 Å². The number of benzene rings is 6. The zero-order valence-electron chi connectivity index (χ0n) is 25.9. The van der Waals surface area contributed by atoms with Gasteiger partial charge in [0.25, 0.3) is 0 Å². The topological polar surface area (TPSA) is 0 Å². The maximum atomic E-state index is 3.52. The first-order chi connectivity index (χ1) is 23.8. The van der Waals surface area contributed by atoms with Gasteiger partial charge >= 0.3 is 0 Å². The van der Waals surface area contributed by atoms with Crippen LogP contribution in [-0.4, -0.2) is 0 Å². The molecule has 216 valence electrons. The van der Waals surface area contributed by atoms with Crippen LogP contribution in [0.2, 0.25) is 0 Å². The highest BCUT2D eigenvalue weighted by atomic mass is 14.3. The first-order valence-electron chi connectivity index (χ1n) is 16.0. The summed E-state index contributed by atoms with van der Waals surface area (Å²) < 4.78 is 0. The van der Waals surface area contributed by atoms with E-state index in [-0.39, 0.29) is 0 Å². The molecule has 7 aromatic rings. The van der Waals surface area contributed by atoms with Crippen LogP contribution in [0.4, 0.5) is 0 Å². The zero-order valence-corrected chi connectivity index (χ0v) is 25.9. The van der Waals surface area contributed by atoms with Gasteiger partial charge in [0.1, 0.15) is 0 Å². The molecule has 9 rings (SSSR count). The molecular weight excluding hydrogens is 577 g/mol. The van der Waals surface area contributed by atoms with Crippen LogP contribution in [0.25, 0.3) is 54.9 Å². The predicted octanol–water partition coefficient (Wildman–Crippen LogP) is 9.10. The van der Waals surface area contributed by atoms with Crippen LogP contribution in [0.1, 0.15) is 22.3 Å². The van der Waals surface area contributed by atoms with E-state index in [1.54, 1.807) is 0 Å². The van der Waals surface area contributed by atoms with Crippen LogP contribution in [0.5, 0.6) is 0 Å². The van der Waals surface area contributed by atoms with Crippen LogP contribution in [0, 0.1) is 48.5 Å². The van der Waals surface area contributed by atoms with Gasteiger partial charge in [-0.05, 0) is 68.8 Å². The molecule has 0 aliphatic heterocycles. The van der Waals surface area contributed by atoms with Crippen molar-refractivity contribution in [1.82, 2.24) is 0 Å². The Morgan fingerprint density at radius 2 is 0.417 bits per heavy atom. The summed E-state index contributed by atoms with van der Waals surface area (Å²) in [5.41, 5.74) is 11.5. The summed E-state index contributed by atoms with van der Waals surface area (Å²) in [7, 11) is 0. The van der Waals surface area contributed by atoms with E-state index in [9.17, 15) is 0 Å². The third kappa shape index (κ3) is 4.58. The Kier molecular flexibility index (Phi) is 6.52. The molecule has 2 aliphatic rings. The van der Waals surface area contributed by atoms with E-state index in [1.165, 1.54) is 22.3 Å². The van der Waals surface area contributed by atoms with Gasteiger partial charge in [-0.2, -0.15) is 0 Å². The summed E-state index contributed by atoms with van der Waals surface area (Å²) in [6.45, 7) is 0. The second-order valence-corrected chi connectivity index (χ2v) is 11.8. The Bertz CT molecular complexity index is 2310. The maximum Gasteiger partial charge on any atom is 0.0836 e. The highest BCUT2D eigenvalue weighted by Crippen LogP contribution is 2.43. The largest absolute Gasteiger partial charge is 0.0836 e. The fourth-order valence-corrected chi connectivity index (χ4v) is 6.81. The minimum Gasteiger partial charge on any atom is -0.0616 e. The fourth-order valence-electron chi connectivity index (χ4n) is 6.81. The van der Waals surface area contributed by atoms with Crippen LogP contribution in [-0.2, 0) is 0 Å². The highest BCUT2D eigenvalue weighted by molar-refractivity contribution is 6.01. The van der Waals surface area contributed by atoms with Gasteiger partial charge in [-0.25, -0.2) is 0 Å². The molecule has 0 fully saturated rings. The van der Waals surface area contributed by atoms with Crippen molar-refractivity contribution in [3.8, 4) is 22.3 Å². The molecule has 0 heteroatoms. The van der Waals surface area contributed by atoms with Gasteiger partial charge in [-0.15, -0.1) is 0 Å². The molecule has 0 aromatic heterocycles. The Balaban J connectivity index is 1.42. The molecule has 0 nitrogen and oxygen atoms in total. The molecular formula is C48H24. The summed E-state index contributed by atoms with van der Waals surface area (Å²) in [5.74, 6) is 0. The lowest BCUT2D eigenvalue weighted by Gasteiger charge is -1.99. The molecule has 0 saturated carbocycles. The van der Waals surface area contributed by atoms with Gasteiger partial charge in [0.15, 0.2) is 0 Å². The molecule has 0 heterocycles. The van der Waals surface area contributed by atoms with E-state index in [2.05, 4.69) is 146 Å². The summed E-state index contributed by atoms with van der Waals surface area (Å²) in [6, 6.07) is 78.2. The van der Waals surface area contributed by atoms with Crippen molar-refractivity contribution in [2.45, 2.75) is 0 Å². The molecule has 2 aliphatic carbocycles. The lowest BCUT2D eigenvalue weighted by atomic mass is 10.0. The number of hydrogen-bond donors (Lipinski definition) is 0. The van der Waals surface area contributed by atoms with Gasteiger partial charge in [0, 0.05) is 32.7 Å². The van der Waals surface area contributed by atoms with Crippen molar-refractivity contribution in [3.05, 3.63) is 227 Å². The summed E-state index contributed by atoms with van der Waals surface area (Å²) in [5, 5.41) is 4.96. The zero-order chi connectivity index (χ0) is 31.9. The van der Waals surface area contributed by atoms with Crippen molar-refractivity contribution in [1.29, 1.82) is 0 Å². The Labute approximate surface area is 280 Å². The molecule has 0 amide bonds. The first-order valence-corrected chi connectivity index (χ1v) is 16.0. The third-order valence-electron chi connectivity index (χ3n) is 9.01. The molecule has 0 spiro atoms. The van der Waals surface area contributed by atoms with Crippen molar-refractivity contribution in [3.63, 3.8) is 0 Å². The minimum atomic E-state index is 0.775. The van der Waals surface area contributed by atoms with Gasteiger partial charge in [0.05, 0.1) is 10.4 Å². The fraction of sp³-hybridized carbons (Fsp3) is 0. The molecule has 0 atom stereocenters. The smallest absolute Gasteiger partial charge is 0.0616 e. The molecule has 0 bridgehead atoms. The monoisotopic (exact) mass is 600 g/mol. The van der Waals surface area contributed by atoms with Gasteiger partial charge < -0.3 is 0 Å². The Morgan fingerprint density at radius 1 is 0.208 bits per heavy atom. The first kappa shape index (κ1) is 27.4. The van der Waals surface area contributed by atoms with Crippen molar-refractivity contribution in [2.24, 2.45) is 0 Å². The predicted molar refractivity (Wildman–Crippen MR) is 194 cm³/mol. The molecule has 7 aromatic carbocycles. The Hall–Kier alpha value is -6.96. The van der Waals surface area contributed by atoms with Crippen LogP contribution >= 0.6 is 0 Å². The van der Waals surface area contributed by atoms with E-state index < -0.39 is 0 Å². The minimum absolute atomic E-state index is 0.775. The molecule has 0 saturated heterocycles. The van der Waals surface area contributed by atoms with E-state index in [4.69, 9.17) is 0 Å². The van der Waals surface area contributed by atoms with E-state index in [0.717, 1.165) is 65.4 Å². The quantitative estimate of drug-likeness (QED) is 0.163. The second kappa shape index (κ2) is 11.4. The van der Waals surface area contributed by atoms with Gasteiger partial charge in [-0.3, -0.25) is 0 Å². The number of hydrogen-bond acceptors (Lipinski definition) is 0. The Morgan fingerprint density at radius 3 is 0.667 bits per heavy atom. The molecule has 0 radical (unpaired) electrons. The molecule has 0 N–H and O–H groups in total. The van der Waals surface area contributed by atoms with Crippen LogP contribution in [0.15, 0.2) is 146 Å². The lowest BCUT2D eigenvalue weighted by Crippen LogP contribution is -2.02. The van der Waals surface area contributed by atoms with Crippen LogP contribution < -0.4 is 10.4 Å².